The minimum atomic E-state index is -5.18. The fourth-order valence-corrected chi connectivity index (χ4v) is 2.41. The molecule has 0 aliphatic rings. The van der Waals surface area contributed by atoms with Crippen molar-refractivity contribution in [1.29, 1.82) is 0 Å². The Balaban J connectivity index is 2.20. The number of fused-ring (bicyclic) bond motifs is 1. The number of halogens is 4. The smallest absolute Gasteiger partial charge is 0.368 e. The largest absolute Gasteiger partial charge is 0.575 e. The van der Waals surface area contributed by atoms with Crippen molar-refractivity contribution in [3.05, 3.63) is 57.6 Å². The predicted octanol–water partition coefficient (Wildman–Crippen LogP) is 3.02. The highest BCUT2D eigenvalue weighted by molar-refractivity contribution is 6.33. The van der Waals surface area contributed by atoms with E-state index in [1.54, 1.807) is 30.3 Å². The molecule has 124 valence electrons. The van der Waals surface area contributed by atoms with Gasteiger partial charge >= 0.3 is 12.3 Å². The van der Waals surface area contributed by atoms with Gasteiger partial charge in [-0.2, -0.15) is 4.52 Å². The van der Waals surface area contributed by atoms with Crippen LogP contribution < -0.4 is 5.56 Å². The maximum absolute atomic E-state index is 12.2. The van der Waals surface area contributed by atoms with Crippen molar-refractivity contribution in [1.82, 2.24) is 14.6 Å². The summed E-state index contributed by atoms with van der Waals surface area (Å²) in [4.78, 5) is 27.3. The van der Waals surface area contributed by atoms with Crippen LogP contribution in [0, 0.1) is 0 Å². The summed E-state index contributed by atoms with van der Waals surface area (Å²) in [6.45, 7) is 0. The van der Waals surface area contributed by atoms with Crippen LogP contribution in [0.4, 0.5) is 13.2 Å². The van der Waals surface area contributed by atoms with E-state index >= 15 is 0 Å². The Labute approximate surface area is 136 Å². The molecule has 0 amide bonds. The van der Waals surface area contributed by atoms with Gasteiger partial charge in [-0.05, 0) is 5.56 Å². The van der Waals surface area contributed by atoms with Gasteiger partial charge in [-0.15, -0.1) is 13.2 Å². The number of carbonyl (C=O) groups is 1. The van der Waals surface area contributed by atoms with E-state index < -0.39 is 23.6 Å². The van der Waals surface area contributed by atoms with Crippen molar-refractivity contribution < 1.29 is 22.7 Å². The lowest BCUT2D eigenvalue weighted by Gasteiger charge is -2.06. The highest BCUT2D eigenvalue weighted by Crippen LogP contribution is 2.30. The molecule has 2 heterocycles. The highest BCUT2D eigenvalue weighted by Gasteiger charge is 2.35. The summed E-state index contributed by atoms with van der Waals surface area (Å²) in [6.07, 6.45) is -5.18. The number of aromatic amines is 1. The fraction of sp³-hybridized carbons (Fsp3) is 0.0714. The van der Waals surface area contributed by atoms with Gasteiger partial charge in [0.05, 0.1) is 5.56 Å². The number of nitrogens with one attached hydrogen (secondary N) is 1. The molecule has 0 aliphatic carbocycles. The Kier molecular flexibility index (Phi) is 3.80. The second kappa shape index (κ2) is 5.68. The van der Waals surface area contributed by atoms with E-state index in [4.69, 9.17) is 11.6 Å². The Morgan fingerprint density at radius 2 is 1.92 bits per heavy atom. The molecule has 1 aromatic carbocycles. The first-order valence-electron chi connectivity index (χ1n) is 6.43. The third-order valence-electron chi connectivity index (χ3n) is 3.05. The van der Waals surface area contributed by atoms with E-state index in [9.17, 15) is 22.8 Å². The van der Waals surface area contributed by atoms with Gasteiger partial charge in [-0.3, -0.25) is 9.89 Å². The van der Waals surface area contributed by atoms with Crippen molar-refractivity contribution in [3.63, 3.8) is 0 Å². The summed E-state index contributed by atoms with van der Waals surface area (Å²) in [6, 6.07) is 9.12. The minimum absolute atomic E-state index is 0.0483. The van der Waals surface area contributed by atoms with Crippen LogP contribution in [0.5, 0.6) is 0 Å². The van der Waals surface area contributed by atoms with Gasteiger partial charge in [0, 0.05) is 6.07 Å². The Hall–Kier alpha value is -2.81. The van der Waals surface area contributed by atoms with E-state index in [1.165, 1.54) is 0 Å². The Bertz CT molecular complexity index is 980. The number of ether oxygens (including phenoxy) is 1. The zero-order valence-electron chi connectivity index (χ0n) is 11.6. The molecule has 0 bridgehead atoms. The average Bonchev–Trinajstić information content (AvgIpc) is 2.83. The summed E-state index contributed by atoms with van der Waals surface area (Å²) in [7, 11) is 0. The summed E-state index contributed by atoms with van der Waals surface area (Å²) < 4.78 is 40.7. The van der Waals surface area contributed by atoms with Crippen LogP contribution >= 0.6 is 11.6 Å². The lowest BCUT2D eigenvalue weighted by atomic mass is 10.1. The number of rotatable bonds is 2. The normalized spacial score (nSPS) is 11.7. The van der Waals surface area contributed by atoms with Gasteiger partial charge in [0.15, 0.2) is 11.3 Å². The zero-order valence-corrected chi connectivity index (χ0v) is 12.4. The second-order valence-electron chi connectivity index (χ2n) is 4.64. The third kappa shape index (κ3) is 2.98. The van der Waals surface area contributed by atoms with Gasteiger partial charge in [0.2, 0.25) is 0 Å². The van der Waals surface area contributed by atoms with Crippen molar-refractivity contribution in [2.45, 2.75) is 6.36 Å². The van der Waals surface area contributed by atoms with Gasteiger partial charge in [-0.1, -0.05) is 41.9 Å². The first-order valence-corrected chi connectivity index (χ1v) is 6.81. The Morgan fingerprint density at radius 1 is 1.25 bits per heavy atom. The molecule has 24 heavy (non-hydrogen) atoms. The van der Waals surface area contributed by atoms with E-state index in [1.807, 2.05) is 0 Å². The molecule has 0 radical (unpaired) electrons. The lowest BCUT2D eigenvalue weighted by molar-refractivity contribution is -0.292. The molecule has 1 N–H and O–H groups in total. The first kappa shape index (κ1) is 16.1. The number of hydrogen-bond acceptors (Lipinski definition) is 4. The average molecular weight is 358 g/mol. The number of H-pyrrole nitrogens is 1. The third-order valence-corrected chi connectivity index (χ3v) is 3.33. The topological polar surface area (TPSA) is 76.5 Å². The number of aromatic nitrogens is 3. The van der Waals surface area contributed by atoms with Crippen LogP contribution in [0.3, 0.4) is 0 Å². The maximum Gasteiger partial charge on any atom is 0.575 e. The Morgan fingerprint density at radius 3 is 2.54 bits per heavy atom. The number of alkyl halides is 3. The van der Waals surface area contributed by atoms with Crippen LogP contribution in [-0.2, 0) is 4.74 Å². The monoisotopic (exact) mass is 357 g/mol. The van der Waals surface area contributed by atoms with Crippen molar-refractivity contribution in [3.8, 4) is 11.1 Å². The summed E-state index contributed by atoms with van der Waals surface area (Å²) >= 11 is 6.06. The second-order valence-corrected chi connectivity index (χ2v) is 5.02. The highest BCUT2D eigenvalue weighted by atomic mass is 35.5. The molecule has 0 unspecified atom stereocenters. The first-order chi connectivity index (χ1) is 11.3. The van der Waals surface area contributed by atoms with Crippen molar-refractivity contribution in [2.24, 2.45) is 0 Å². The molecule has 3 aromatic rings. The molecule has 0 aliphatic heterocycles. The number of benzene rings is 1. The number of esters is 1. The van der Waals surface area contributed by atoms with E-state index in [-0.39, 0.29) is 16.4 Å². The number of nitrogens with zero attached hydrogens (tertiary/aromatic N) is 2. The molecular formula is C14H7ClF3N3O3. The van der Waals surface area contributed by atoms with Crippen LogP contribution in [-0.4, -0.2) is 26.9 Å². The molecule has 6 nitrogen and oxygen atoms in total. The van der Waals surface area contributed by atoms with Crippen LogP contribution in [0.15, 0.2) is 41.2 Å². The molecule has 0 fully saturated rings. The van der Waals surface area contributed by atoms with Gasteiger partial charge in [-0.25, -0.2) is 9.78 Å². The van der Waals surface area contributed by atoms with Gasteiger partial charge in [0.1, 0.15) is 5.15 Å². The van der Waals surface area contributed by atoms with E-state index in [0.717, 1.165) is 4.52 Å². The van der Waals surface area contributed by atoms with Crippen LogP contribution in [0.2, 0.25) is 5.15 Å². The van der Waals surface area contributed by atoms with Crippen LogP contribution in [0.1, 0.15) is 10.5 Å². The SMILES string of the molecule is O=C(OC(F)(F)F)c1cc(=O)n2[nH]c(Cl)c(-c3ccccc3)c2n1. The van der Waals surface area contributed by atoms with E-state index in [2.05, 4.69) is 14.8 Å². The number of carbonyl (C=O) groups excluding carboxylic acids is 1. The summed E-state index contributed by atoms with van der Waals surface area (Å²) in [5.41, 5.74) is -0.832. The van der Waals surface area contributed by atoms with E-state index in [0.29, 0.717) is 11.6 Å². The molecule has 0 saturated heterocycles. The van der Waals surface area contributed by atoms with Crippen molar-refractivity contribution >= 4 is 23.2 Å². The summed E-state index contributed by atoms with van der Waals surface area (Å²) in [5, 5.41) is 2.59. The minimum Gasteiger partial charge on any atom is -0.368 e. The molecule has 2 aromatic heterocycles. The molecule has 3 rings (SSSR count). The van der Waals surface area contributed by atoms with Crippen molar-refractivity contribution in [2.75, 3.05) is 0 Å². The fourth-order valence-electron chi connectivity index (χ4n) is 2.13. The molecule has 0 saturated carbocycles. The predicted molar refractivity (Wildman–Crippen MR) is 77.7 cm³/mol. The van der Waals surface area contributed by atoms with Gasteiger partial charge in [0.25, 0.3) is 5.56 Å². The molecule has 0 atom stereocenters. The summed E-state index contributed by atoms with van der Waals surface area (Å²) in [5.74, 6) is -1.78. The standard InChI is InChI=1S/C14H7ClF3N3O3/c15-11-10(7-4-2-1-3-5-7)12-19-8(6-9(22)21(12)20-11)13(23)24-14(16,17)18/h1-6,20H. The van der Waals surface area contributed by atoms with Crippen LogP contribution in [0.25, 0.3) is 16.8 Å². The zero-order chi connectivity index (χ0) is 17.5. The molecular weight excluding hydrogens is 351 g/mol. The maximum atomic E-state index is 12.2. The molecule has 10 heteroatoms. The lowest BCUT2D eigenvalue weighted by Crippen LogP contribution is -2.23. The quantitative estimate of drug-likeness (QED) is 0.715. The van der Waals surface area contributed by atoms with Gasteiger partial charge < -0.3 is 4.74 Å². The number of hydrogen-bond donors (Lipinski definition) is 1. The molecule has 0 spiro atoms.